The fraction of sp³-hybridized carbons (Fsp3) is 0.0909. The average Bonchev–Trinajstić information content (AvgIpc) is 2.69. The molecule has 2 rings (SSSR count). The Morgan fingerprint density at radius 2 is 2.07 bits per heavy atom. The summed E-state index contributed by atoms with van der Waals surface area (Å²) in [6.07, 6.45) is 0. The van der Waals surface area contributed by atoms with Crippen LogP contribution in [0, 0.1) is 5.82 Å². The molecular formula is C11H7BrClFS. The van der Waals surface area contributed by atoms with Crippen molar-refractivity contribution in [3.05, 3.63) is 57.0 Å². The standard InChI is InChI=1S/C11H7BrClFS/c12-11(9-5-2-6-15-9)10-7(13)3-1-4-8(10)14/h1-6,11H. The van der Waals surface area contributed by atoms with E-state index in [2.05, 4.69) is 15.9 Å². The lowest BCUT2D eigenvalue weighted by Crippen LogP contribution is -1.95. The van der Waals surface area contributed by atoms with Gasteiger partial charge >= 0.3 is 0 Å². The second-order valence-electron chi connectivity index (χ2n) is 3.01. The molecule has 78 valence electrons. The first kappa shape index (κ1) is 11.1. The zero-order valence-corrected chi connectivity index (χ0v) is 10.7. The zero-order chi connectivity index (χ0) is 10.8. The van der Waals surface area contributed by atoms with Gasteiger partial charge in [0.2, 0.25) is 0 Å². The van der Waals surface area contributed by atoms with E-state index in [4.69, 9.17) is 11.6 Å². The Kier molecular flexibility index (Phi) is 3.44. The van der Waals surface area contributed by atoms with E-state index in [9.17, 15) is 4.39 Å². The summed E-state index contributed by atoms with van der Waals surface area (Å²) < 4.78 is 13.6. The molecule has 0 radical (unpaired) electrons. The normalized spacial score (nSPS) is 12.7. The number of alkyl halides is 1. The molecule has 0 aliphatic carbocycles. The number of benzene rings is 1. The molecule has 0 saturated heterocycles. The highest BCUT2D eigenvalue weighted by molar-refractivity contribution is 9.09. The molecule has 4 heteroatoms. The van der Waals surface area contributed by atoms with Gasteiger partial charge in [-0.15, -0.1) is 11.3 Å². The summed E-state index contributed by atoms with van der Waals surface area (Å²) >= 11 is 11.0. The first-order valence-corrected chi connectivity index (χ1v) is 6.49. The van der Waals surface area contributed by atoms with Crippen molar-refractivity contribution in [3.8, 4) is 0 Å². The van der Waals surface area contributed by atoms with Crippen molar-refractivity contribution in [3.63, 3.8) is 0 Å². The van der Waals surface area contributed by atoms with E-state index in [0.29, 0.717) is 10.6 Å². The van der Waals surface area contributed by atoms with Crippen LogP contribution >= 0.6 is 38.9 Å². The van der Waals surface area contributed by atoms with E-state index >= 15 is 0 Å². The lowest BCUT2D eigenvalue weighted by Gasteiger charge is -2.11. The molecule has 0 nitrogen and oxygen atoms in total. The van der Waals surface area contributed by atoms with Crippen LogP contribution in [-0.4, -0.2) is 0 Å². The van der Waals surface area contributed by atoms with Crippen molar-refractivity contribution in [2.24, 2.45) is 0 Å². The van der Waals surface area contributed by atoms with Crippen LogP contribution in [0.15, 0.2) is 35.7 Å². The number of halogens is 3. The van der Waals surface area contributed by atoms with Crippen molar-refractivity contribution in [2.75, 3.05) is 0 Å². The third-order valence-electron chi connectivity index (χ3n) is 2.05. The summed E-state index contributed by atoms with van der Waals surface area (Å²) in [4.78, 5) is 0.869. The van der Waals surface area contributed by atoms with E-state index in [1.165, 1.54) is 6.07 Å². The van der Waals surface area contributed by atoms with Crippen LogP contribution in [0.5, 0.6) is 0 Å². The van der Waals surface area contributed by atoms with Crippen LogP contribution in [0.25, 0.3) is 0 Å². The molecule has 0 saturated carbocycles. The number of thiophene rings is 1. The minimum Gasteiger partial charge on any atom is -0.207 e. The molecule has 1 heterocycles. The van der Waals surface area contributed by atoms with Crippen molar-refractivity contribution in [1.29, 1.82) is 0 Å². The molecule has 0 bridgehead atoms. The van der Waals surface area contributed by atoms with Gasteiger partial charge in [-0.05, 0) is 23.6 Å². The fourth-order valence-electron chi connectivity index (χ4n) is 1.33. The van der Waals surface area contributed by atoms with Gasteiger partial charge in [-0.1, -0.05) is 39.7 Å². The van der Waals surface area contributed by atoms with Gasteiger partial charge in [0.1, 0.15) is 5.82 Å². The Balaban J connectivity index is 2.46. The molecule has 0 aliphatic rings. The van der Waals surface area contributed by atoms with Crippen molar-refractivity contribution in [2.45, 2.75) is 4.83 Å². The first-order chi connectivity index (χ1) is 7.20. The maximum Gasteiger partial charge on any atom is 0.129 e. The van der Waals surface area contributed by atoms with E-state index < -0.39 is 0 Å². The summed E-state index contributed by atoms with van der Waals surface area (Å²) in [5, 5.41) is 2.41. The highest BCUT2D eigenvalue weighted by Crippen LogP contribution is 2.38. The summed E-state index contributed by atoms with van der Waals surface area (Å²) in [5.41, 5.74) is 0.501. The van der Waals surface area contributed by atoms with E-state index in [0.717, 1.165) is 4.88 Å². The monoisotopic (exact) mass is 304 g/mol. The molecule has 0 fully saturated rings. The average molecular weight is 306 g/mol. The highest BCUT2D eigenvalue weighted by Gasteiger charge is 2.18. The Morgan fingerprint density at radius 1 is 1.27 bits per heavy atom. The second-order valence-corrected chi connectivity index (χ2v) is 5.32. The van der Waals surface area contributed by atoms with Gasteiger partial charge in [0, 0.05) is 15.5 Å². The van der Waals surface area contributed by atoms with Crippen molar-refractivity contribution < 1.29 is 4.39 Å². The molecule has 0 aliphatic heterocycles. The SMILES string of the molecule is Fc1cccc(Cl)c1C(Br)c1cccs1. The Morgan fingerprint density at radius 3 is 2.67 bits per heavy atom. The maximum absolute atomic E-state index is 13.6. The minimum atomic E-state index is -0.280. The zero-order valence-electron chi connectivity index (χ0n) is 7.58. The van der Waals surface area contributed by atoms with Crippen LogP contribution in [0.1, 0.15) is 15.3 Å². The lowest BCUT2D eigenvalue weighted by molar-refractivity contribution is 0.614. The first-order valence-electron chi connectivity index (χ1n) is 4.31. The minimum absolute atomic E-state index is 0.175. The Bertz CT molecular complexity index is 435. The predicted octanol–water partition coefficient (Wildman–Crippen LogP) is 5.02. The third kappa shape index (κ3) is 2.25. The summed E-state index contributed by atoms with van der Waals surface area (Å²) in [6.45, 7) is 0. The van der Waals surface area contributed by atoms with Crippen LogP contribution in [-0.2, 0) is 0 Å². The van der Waals surface area contributed by atoms with E-state index in [1.807, 2.05) is 17.5 Å². The molecule has 0 N–H and O–H groups in total. The third-order valence-corrected chi connectivity index (χ3v) is 4.57. The summed E-state index contributed by atoms with van der Waals surface area (Å²) in [7, 11) is 0. The van der Waals surface area contributed by atoms with E-state index in [-0.39, 0.29) is 10.6 Å². The second kappa shape index (κ2) is 4.64. The molecule has 1 aromatic carbocycles. The van der Waals surface area contributed by atoms with Crippen LogP contribution in [0.2, 0.25) is 5.02 Å². The van der Waals surface area contributed by atoms with Gasteiger partial charge in [0.25, 0.3) is 0 Å². The van der Waals surface area contributed by atoms with Gasteiger partial charge in [-0.3, -0.25) is 0 Å². The molecule has 1 unspecified atom stereocenters. The highest BCUT2D eigenvalue weighted by atomic mass is 79.9. The predicted molar refractivity (Wildman–Crippen MR) is 66.5 cm³/mol. The smallest absolute Gasteiger partial charge is 0.129 e. The Hall–Kier alpha value is -0.380. The lowest BCUT2D eigenvalue weighted by atomic mass is 10.1. The van der Waals surface area contributed by atoms with Gasteiger partial charge in [-0.2, -0.15) is 0 Å². The quantitative estimate of drug-likeness (QED) is 0.683. The van der Waals surface area contributed by atoms with Crippen molar-refractivity contribution in [1.82, 2.24) is 0 Å². The van der Waals surface area contributed by atoms with Crippen LogP contribution in [0.3, 0.4) is 0 Å². The van der Waals surface area contributed by atoms with Gasteiger partial charge in [-0.25, -0.2) is 4.39 Å². The van der Waals surface area contributed by atoms with Crippen LogP contribution in [0.4, 0.5) is 4.39 Å². The number of rotatable bonds is 2. The molecule has 1 aromatic heterocycles. The van der Waals surface area contributed by atoms with Gasteiger partial charge in [0.05, 0.1) is 4.83 Å². The van der Waals surface area contributed by atoms with Gasteiger partial charge in [0.15, 0.2) is 0 Å². The maximum atomic E-state index is 13.6. The molecule has 0 amide bonds. The summed E-state index contributed by atoms with van der Waals surface area (Å²) in [6, 6.07) is 8.61. The van der Waals surface area contributed by atoms with E-state index in [1.54, 1.807) is 23.5 Å². The Labute approximate surface area is 105 Å². The molecular weight excluding hydrogens is 299 g/mol. The number of hydrogen-bond donors (Lipinski definition) is 0. The van der Waals surface area contributed by atoms with Crippen LogP contribution < -0.4 is 0 Å². The van der Waals surface area contributed by atoms with Gasteiger partial charge < -0.3 is 0 Å². The molecule has 15 heavy (non-hydrogen) atoms. The molecule has 0 spiro atoms. The largest absolute Gasteiger partial charge is 0.207 e. The number of hydrogen-bond acceptors (Lipinski definition) is 1. The topological polar surface area (TPSA) is 0 Å². The fourth-order valence-corrected chi connectivity index (χ4v) is 3.38. The summed E-state index contributed by atoms with van der Waals surface area (Å²) in [5.74, 6) is -0.280. The van der Waals surface area contributed by atoms with Crippen molar-refractivity contribution >= 4 is 38.9 Å². The molecule has 2 aromatic rings. The molecule has 1 atom stereocenters.